The van der Waals surface area contributed by atoms with E-state index in [1.54, 1.807) is 42.5 Å². The van der Waals surface area contributed by atoms with Gasteiger partial charge in [-0.05, 0) is 30.3 Å². The molecule has 0 spiro atoms. The number of Topliss-reactive ketones (excluding diaryl/α,β-unsaturated/α-hetero) is 1. The molecule has 124 valence electrons. The molecule has 0 unspecified atom stereocenters. The topological polar surface area (TPSA) is 81.7 Å². The second-order valence-corrected chi connectivity index (χ2v) is 4.99. The molecule has 6 heteroatoms. The molecule has 1 amide bonds. The van der Waals surface area contributed by atoms with E-state index in [1.807, 2.05) is 0 Å². The maximum atomic E-state index is 12.1. The highest BCUT2D eigenvalue weighted by Gasteiger charge is 2.13. The van der Waals surface area contributed by atoms with Gasteiger partial charge >= 0.3 is 5.97 Å². The third-order valence-corrected chi connectivity index (χ3v) is 3.14. The average molecular weight is 327 g/mol. The van der Waals surface area contributed by atoms with Crippen LogP contribution in [-0.4, -0.2) is 31.4 Å². The molecule has 0 heterocycles. The summed E-state index contributed by atoms with van der Waals surface area (Å²) < 4.78 is 10.1. The van der Waals surface area contributed by atoms with Gasteiger partial charge in [0.05, 0.1) is 12.7 Å². The van der Waals surface area contributed by atoms with Crippen LogP contribution in [0.1, 0.15) is 27.6 Å². The molecule has 0 aromatic heterocycles. The zero-order valence-electron chi connectivity index (χ0n) is 13.4. The summed E-state index contributed by atoms with van der Waals surface area (Å²) in [4.78, 5) is 35.1. The van der Waals surface area contributed by atoms with Crippen LogP contribution >= 0.6 is 0 Å². The average Bonchev–Trinajstić information content (AvgIpc) is 2.59. The van der Waals surface area contributed by atoms with Gasteiger partial charge in [-0.2, -0.15) is 0 Å². The van der Waals surface area contributed by atoms with Gasteiger partial charge in [-0.15, -0.1) is 0 Å². The van der Waals surface area contributed by atoms with Crippen molar-refractivity contribution in [2.24, 2.45) is 0 Å². The first-order valence-corrected chi connectivity index (χ1v) is 7.21. The number of amides is 1. The number of carbonyl (C=O) groups is 3. The largest absolute Gasteiger partial charge is 0.497 e. The molecule has 0 aliphatic carbocycles. The maximum absolute atomic E-state index is 12.1. The Bertz CT molecular complexity index is 770. The molecule has 2 aromatic carbocycles. The van der Waals surface area contributed by atoms with Gasteiger partial charge in [-0.1, -0.05) is 18.2 Å². The van der Waals surface area contributed by atoms with Crippen molar-refractivity contribution in [1.82, 2.24) is 0 Å². The van der Waals surface area contributed by atoms with Gasteiger partial charge in [0.15, 0.2) is 12.4 Å². The molecule has 0 atom stereocenters. The third-order valence-electron chi connectivity index (χ3n) is 3.14. The fourth-order valence-electron chi connectivity index (χ4n) is 2.02. The van der Waals surface area contributed by atoms with Crippen LogP contribution in [0.5, 0.6) is 5.75 Å². The van der Waals surface area contributed by atoms with Crippen molar-refractivity contribution in [3.8, 4) is 5.75 Å². The number of anilines is 1. The lowest BCUT2D eigenvalue weighted by Gasteiger charge is -2.07. The first-order chi connectivity index (χ1) is 11.5. The number of methoxy groups -OCH3 is 1. The molecule has 0 fully saturated rings. The van der Waals surface area contributed by atoms with Crippen LogP contribution in [0.3, 0.4) is 0 Å². The van der Waals surface area contributed by atoms with Crippen LogP contribution in [0.15, 0.2) is 48.5 Å². The minimum atomic E-state index is -0.640. The number of benzene rings is 2. The highest BCUT2D eigenvalue weighted by Crippen LogP contribution is 2.14. The number of hydrogen-bond donors (Lipinski definition) is 1. The van der Waals surface area contributed by atoms with E-state index in [-0.39, 0.29) is 23.9 Å². The number of esters is 1. The second-order valence-electron chi connectivity index (χ2n) is 4.99. The Morgan fingerprint density at radius 1 is 1.00 bits per heavy atom. The normalized spacial score (nSPS) is 9.92. The molecular weight excluding hydrogens is 310 g/mol. The Morgan fingerprint density at radius 2 is 1.71 bits per heavy atom. The minimum Gasteiger partial charge on any atom is -0.497 e. The summed E-state index contributed by atoms with van der Waals surface area (Å²) in [5.41, 5.74) is 1.13. The molecule has 0 radical (unpaired) electrons. The summed E-state index contributed by atoms with van der Waals surface area (Å²) in [5.74, 6) is -0.664. The SMILES string of the molecule is COc1cccc(C(=O)COC(=O)c2cccc(NC(C)=O)c2)c1. The first kappa shape index (κ1) is 17.2. The van der Waals surface area contributed by atoms with Gasteiger partial charge < -0.3 is 14.8 Å². The number of ether oxygens (including phenoxy) is 2. The van der Waals surface area contributed by atoms with Gasteiger partial charge in [-0.3, -0.25) is 9.59 Å². The van der Waals surface area contributed by atoms with Gasteiger partial charge in [-0.25, -0.2) is 4.79 Å². The van der Waals surface area contributed by atoms with Crippen LogP contribution in [0.25, 0.3) is 0 Å². The molecule has 0 saturated carbocycles. The van der Waals surface area contributed by atoms with Crippen molar-refractivity contribution in [1.29, 1.82) is 0 Å². The molecule has 0 aliphatic rings. The predicted octanol–water partition coefficient (Wildman–Crippen LogP) is 2.69. The molecule has 1 N–H and O–H groups in total. The quantitative estimate of drug-likeness (QED) is 0.651. The van der Waals surface area contributed by atoms with Crippen LogP contribution in [0.4, 0.5) is 5.69 Å². The minimum absolute atomic E-state index is 0.242. The zero-order valence-corrected chi connectivity index (χ0v) is 13.4. The Balaban J connectivity index is 1.99. The molecule has 0 bridgehead atoms. The molecule has 0 saturated heterocycles. The highest BCUT2D eigenvalue weighted by atomic mass is 16.5. The van der Waals surface area contributed by atoms with Gasteiger partial charge in [0.2, 0.25) is 5.91 Å². The van der Waals surface area contributed by atoms with E-state index in [0.717, 1.165) is 0 Å². The van der Waals surface area contributed by atoms with Crippen LogP contribution < -0.4 is 10.1 Å². The second kappa shape index (κ2) is 7.92. The van der Waals surface area contributed by atoms with Crippen molar-refractivity contribution >= 4 is 23.3 Å². The molecule has 6 nitrogen and oxygen atoms in total. The lowest BCUT2D eigenvalue weighted by molar-refractivity contribution is -0.114. The van der Waals surface area contributed by atoms with E-state index >= 15 is 0 Å². The van der Waals surface area contributed by atoms with Crippen LogP contribution in [0, 0.1) is 0 Å². The summed E-state index contributed by atoms with van der Waals surface area (Å²) in [6.45, 7) is 0.994. The van der Waals surface area contributed by atoms with E-state index in [2.05, 4.69) is 5.32 Å². The van der Waals surface area contributed by atoms with Crippen molar-refractivity contribution in [3.05, 3.63) is 59.7 Å². The number of carbonyl (C=O) groups excluding carboxylic acids is 3. The fraction of sp³-hybridized carbons (Fsp3) is 0.167. The van der Waals surface area contributed by atoms with Gasteiger partial charge in [0.25, 0.3) is 0 Å². The smallest absolute Gasteiger partial charge is 0.338 e. The lowest BCUT2D eigenvalue weighted by atomic mass is 10.1. The highest BCUT2D eigenvalue weighted by molar-refractivity contribution is 6.00. The Hall–Kier alpha value is -3.15. The Labute approximate surface area is 139 Å². The van der Waals surface area contributed by atoms with Gasteiger partial charge in [0, 0.05) is 18.2 Å². The number of hydrogen-bond acceptors (Lipinski definition) is 5. The molecule has 24 heavy (non-hydrogen) atoms. The van der Waals surface area contributed by atoms with Crippen molar-refractivity contribution in [3.63, 3.8) is 0 Å². The molecular formula is C18H17NO5. The summed E-state index contributed by atoms with van der Waals surface area (Å²) in [5, 5.41) is 2.58. The Kier molecular flexibility index (Phi) is 5.68. The number of rotatable bonds is 6. The summed E-state index contributed by atoms with van der Waals surface area (Å²) in [7, 11) is 1.51. The van der Waals surface area contributed by atoms with E-state index in [4.69, 9.17) is 9.47 Å². The Morgan fingerprint density at radius 3 is 2.42 bits per heavy atom. The van der Waals surface area contributed by atoms with Gasteiger partial charge in [0.1, 0.15) is 5.75 Å². The summed E-state index contributed by atoms with van der Waals surface area (Å²) >= 11 is 0. The van der Waals surface area contributed by atoms with E-state index in [0.29, 0.717) is 17.0 Å². The summed E-state index contributed by atoms with van der Waals surface area (Å²) in [6.07, 6.45) is 0. The van der Waals surface area contributed by atoms with Crippen molar-refractivity contribution < 1.29 is 23.9 Å². The van der Waals surface area contributed by atoms with E-state index < -0.39 is 5.97 Å². The number of ketones is 1. The molecule has 2 rings (SSSR count). The summed E-state index contributed by atoms with van der Waals surface area (Å²) in [6, 6.07) is 12.9. The van der Waals surface area contributed by atoms with Crippen LogP contribution in [-0.2, 0) is 9.53 Å². The third kappa shape index (κ3) is 4.67. The molecule has 0 aliphatic heterocycles. The monoisotopic (exact) mass is 327 g/mol. The fourth-order valence-corrected chi connectivity index (χ4v) is 2.02. The zero-order chi connectivity index (χ0) is 17.5. The molecule has 2 aromatic rings. The number of nitrogens with one attached hydrogen (secondary N) is 1. The van der Waals surface area contributed by atoms with Crippen molar-refractivity contribution in [2.75, 3.05) is 19.0 Å². The maximum Gasteiger partial charge on any atom is 0.338 e. The van der Waals surface area contributed by atoms with Crippen molar-refractivity contribution in [2.45, 2.75) is 6.92 Å². The van der Waals surface area contributed by atoms with E-state index in [1.165, 1.54) is 20.1 Å². The predicted molar refractivity (Wildman–Crippen MR) is 88.4 cm³/mol. The lowest BCUT2D eigenvalue weighted by Crippen LogP contribution is -2.14. The van der Waals surface area contributed by atoms with E-state index in [9.17, 15) is 14.4 Å². The standard InChI is InChI=1S/C18H17NO5/c1-12(20)19-15-7-3-6-14(9-15)18(22)24-11-17(21)13-5-4-8-16(10-13)23-2/h3-10H,11H2,1-2H3,(H,19,20). The van der Waals surface area contributed by atoms with Crippen LogP contribution in [0.2, 0.25) is 0 Å². The first-order valence-electron chi connectivity index (χ1n) is 7.21.